The summed E-state index contributed by atoms with van der Waals surface area (Å²) in [4.78, 5) is 21.9. The maximum absolute atomic E-state index is 12.9. The van der Waals surface area contributed by atoms with Crippen molar-refractivity contribution in [3.8, 4) is 5.75 Å². The Kier molecular flexibility index (Phi) is 5.23. The lowest BCUT2D eigenvalue weighted by Crippen LogP contribution is -2.38. The van der Waals surface area contributed by atoms with Gasteiger partial charge in [-0.1, -0.05) is 0 Å². The van der Waals surface area contributed by atoms with Gasteiger partial charge >= 0.3 is 0 Å². The predicted octanol–water partition coefficient (Wildman–Crippen LogP) is 2.05. The molecule has 0 spiro atoms. The lowest BCUT2D eigenvalue weighted by atomic mass is 9.96. The number of amides is 1. The van der Waals surface area contributed by atoms with E-state index in [4.69, 9.17) is 4.74 Å². The van der Waals surface area contributed by atoms with Crippen molar-refractivity contribution in [2.24, 2.45) is 0 Å². The Hall–Kier alpha value is -2.54. The highest BCUT2D eigenvalue weighted by Crippen LogP contribution is 2.25. The van der Waals surface area contributed by atoms with Gasteiger partial charge in [0.25, 0.3) is 5.91 Å². The molecule has 1 aromatic carbocycles. The number of benzene rings is 1. The molecule has 0 saturated carbocycles. The van der Waals surface area contributed by atoms with Crippen LogP contribution in [-0.2, 0) is 0 Å². The topological polar surface area (TPSA) is 75.6 Å². The first kappa shape index (κ1) is 17.3. The molecular weight excluding hydrogens is 325 g/mol. The minimum atomic E-state index is -1.02. The van der Waals surface area contributed by atoms with E-state index in [9.17, 15) is 14.3 Å². The first-order chi connectivity index (χ1) is 12.1. The number of hydrogen-bond donors (Lipinski definition) is 1. The number of hydrogen-bond acceptors (Lipinski definition) is 5. The number of aromatic nitrogens is 2. The number of carbonyl (C=O) groups is 1. The van der Waals surface area contributed by atoms with E-state index in [-0.39, 0.29) is 18.3 Å². The molecule has 0 aliphatic carbocycles. The maximum atomic E-state index is 12.9. The smallest absolute Gasteiger partial charge is 0.256 e. The van der Waals surface area contributed by atoms with E-state index in [1.165, 1.54) is 43.0 Å². The normalized spacial score (nSPS) is 20.8. The number of aliphatic hydroxyl groups is 1. The van der Waals surface area contributed by atoms with E-state index in [1.807, 2.05) is 0 Å². The Bertz CT molecular complexity index is 711. The van der Waals surface area contributed by atoms with Crippen molar-refractivity contribution in [3.63, 3.8) is 0 Å². The molecule has 1 amide bonds. The van der Waals surface area contributed by atoms with Crippen molar-refractivity contribution >= 4 is 5.91 Å². The molecule has 6 nitrogen and oxygen atoms in total. The van der Waals surface area contributed by atoms with Gasteiger partial charge in [0.2, 0.25) is 0 Å². The van der Waals surface area contributed by atoms with Crippen molar-refractivity contribution < 1.29 is 19.0 Å². The van der Waals surface area contributed by atoms with Gasteiger partial charge in [0.15, 0.2) is 0 Å². The van der Waals surface area contributed by atoms with Crippen molar-refractivity contribution in [1.82, 2.24) is 14.9 Å². The lowest BCUT2D eigenvalue weighted by Gasteiger charge is -2.27. The van der Waals surface area contributed by atoms with Gasteiger partial charge in [-0.3, -0.25) is 4.79 Å². The SMILES string of the molecule is O=C(c1cncnc1)N1CCCC(O)(COc2ccc(F)cc2)CC1. The number of nitrogens with zero attached hydrogens (tertiary/aromatic N) is 3. The number of ether oxygens (including phenoxy) is 1. The minimum absolute atomic E-state index is 0.106. The fraction of sp³-hybridized carbons (Fsp3) is 0.389. The number of halogens is 1. The summed E-state index contributed by atoms with van der Waals surface area (Å²) in [5, 5.41) is 10.8. The van der Waals surface area contributed by atoms with E-state index in [0.717, 1.165) is 0 Å². The summed E-state index contributed by atoms with van der Waals surface area (Å²) in [6.45, 7) is 1.10. The average molecular weight is 345 g/mol. The second-order valence-corrected chi connectivity index (χ2v) is 6.24. The average Bonchev–Trinajstić information content (AvgIpc) is 2.84. The maximum Gasteiger partial charge on any atom is 0.256 e. The second-order valence-electron chi connectivity index (χ2n) is 6.24. The van der Waals surface area contributed by atoms with Crippen LogP contribution >= 0.6 is 0 Å². The molecule has 7 heteroatoms. The van der Waals surface area contributed by atoms with Crippen LogP contribution in [0.1, 0.15) is 29.6 Å². The fourth-order valence-corrected chi connectivity index (χ4v) is 2.87. The summed E-state index contributed by atoms with van der Waals surface area (Å²) in [6.07, 6.45) is 5.97. The molecule has 1 aliphatic heterocycles. The van der Waals surface area contributed by atoms with Gasteiger partial charge in [-0.25, -0.2) is 14.4 Å². The highest BCUT2D eigenvalue weighted by molar-refractivity contribution is 5.93. The van der Waals surface area contributed by atoms with Crippen LogP contribution in [0.4, 0.5) is 4.39 Å². The zero-order valence-corrected chi connectivity index (χ0v) is 13.8. The predicted molar refractivity (Wildman–Crippen MR) is 88.6 cm³/mol. The lowest BCUT2D eigenvalue weighted by molar-refractivity contribution is -0.0163. The number of rotatable bonds is 4. The van der Waals surface area contributed by atoms with E-state index in [0.29, 0.717) is 43.7 Å². The largest absolute Gasteiger partial charge is 0.491 e. The van der Waals surface area contributed by atoms with Crippen LogP contribution in [-0.4, -0.2) is 51.2 Å². The molecule has 25 heavy (non-hydrogen) atoms. The third-order valence-electron chi connectivity index (χ3n) is 4.33. The van der Waals surface area contributed by atoms with Gasteiger partial charge < -0.3 is 14.7 Å². The van der Waals surface area contributed by atoms with Crippen molar-refractivity contribution in [2.45, 2.75) is 24.9 Å². The molecule has 1 atom stereocenters. The molecule has 1 saturated heterocycles. The van der Waals surface area contributed by atoms with E-state index in [2.05, 4.69) is 9.97 Å². The summed E-state index contributed by atoms with van der Waals surface area (Å²) in [7, 11) is 0. The zero-order valence-electron chi connectivity index (χ0n) is 13.8. The zero-order chi connectivity index (χ0) is 17.7. The minimum Gasteiger partial charge on any atom is -0.491 e. The molecular formula is C18H20FN3O3. The highest BCUT2D eigenvalue weighted by atomic mass is 19.1. The standard InChI is InChI=1S/C18H20FN3O3/c19-15-2-4-16(5-3-15)25-12-18(24)6-1-8-22(9-7-18)17(23)14-10-20-13-21-11-14/h2-5,10-11,13,24H,1,6-9,12H2. The van der Waals surface area contributed by atoms with Gasteiger partial charge in [0.05, 0.1) is 5.56 Å². The molecule has 132 valence electrons. The van der Waals surface area contributed by atoms with Gasteiger partial charge in [-0.15, -0.1) is 0 Å². The number of likely N-dealkylation sites (tertiary alicyclic amines) is 1. The summed E-state index contributed by atoms with van der Waals surface area (Å²) in [5.41, 5.74) is -0.577. The Morgan fingerprint density at radius 1 is 1.20 bits per heavy atom. The first-order valence-electron chi connectivity index (χ1n) is 8.21. The highest BCUT2D eigenvalue weighted by Gasteiger charge is 2.32. The third kappa shape index (κ3) is 4.51. The quantitative estimate of drug-likeness (QED) is 0.918. The van der Waals surface area contributed by atoms with Crippen LogP contribution in [0.5, 0.6) is 5.75 Å². The molecule has 1 aliphatic rings. The summed E-state index contributed by atoms with van der Waals surface area (Å²) in [6, 6.07) is 5.69. The van der Waals surface area contributed by atoms with Crippen molar-refractivity contribution in [3.05, 3.63) is 54.4 Å². The van der Waals surface area contributed by atoms with Crippen LogP contribution in [0, 0.1) is 5.82 Å². The Balaban J connectivity index is 1.58. The van der Waals surface area contributed by atoms with Crippen LogP contribution in [0.3, 0.4) is 0 Å². The molecule has 2 aromatic rings. The Morgan fingerprint density at radius 2 is 1.92 bits per heavy atom. The third-order valence-corrected chi connectivity index (χ3v) is 4.33. The molecule has 3 rings (SSSR count). The number of carbonyl (C=O) groups excluding carboxylic acids is 1. The van der Waals surface area contributed by atoms with Crippen molar-refractivity contribution in [1.29, 1.82) is 0 Å². The summed E-state index contributed by atoms with van der Waals surface area (Å²) >= 11 is 0. The fourth-order valence-electron chi connectivity index (χ4n) is 2.87. The van der Waals surface area contributed by atoms with E-state index < -0.39 is 5.60 Å². The molecule has 2 heterocycles. The molecule has 1 aromatic heterocycles. The van der Waals surface area contributed by atoms with Gasteiger partial charge in [0, 0.05) is 25.5 Å². The Labute approximate surface area is 145 Å². The molecule has 1 unspecified atom stereocenters. The first-order valence-corrected chi connectivity index (χ1v) is 8.21. The molecule has 0 bridgehead atoms. The second kappa shape index (κ2) is 7.57. The van der Waals surface area contributed by atoms with Gasteiger partial charge in [-0.2, -0.15) is 0 Å². The van der Waals surface area contributed by atoms with E-state index >= 15 is 0 Å². The summed E-state index contributed by atoms with van der Waals surface area (Å²) in [5.74, 6) is 0.0392. The van der Waals surface area contributed by atoms with Crippen LogP contribution in [0.15, 0.2) is 43.0 Å². The molecule has 1 N–H and O–H groups in total. The monoisotopic (exact) mass is 345 g/mol. The van der Waals surface area contributed by atoms with Crippen molar-refractivity contribution in [2.75, 3.05) is 19.7 Å². The molecule has 0 radical (unpaired) electrons. The molecule has 1 fully saturated rings. The Morgan fingerprint density at radius 3 is 2.64 bits per heavy atom. The van der Waals surface area contributed by atoms with Gasteiger partial charge in [-0.05, 0) is 43.5 Å². The summed E-state index contributed by atoms with van der Waals surface area (Å²) < 4.78 is 18.5. The van der Waals surface area contributed by atoms with E-state index in [1.54, 1.807) is 4.90 Å². The van der Waals surface area contributed by atoms with Crippen LogP contribution in [0.25, 0.3) is 0 Å². The van der Waals surface area contributed by atoms with Crippen LogP contribution in [0.2, 0.25) is 0 Å². The van der Waals surface area contributed by atoms with Crippen LogP contribution < -0.4 is 4.74 Å². The van der Waals surface area contributed by atoms with Gasteiger partial charge in [0.1, 0.15) is 30.1 Å².